The minimum absolute atomic E-state index is 0.00290. The van der Waals surface area contributed by atoms with Crippen LogP contribution < -0.4 is 21.9 Å². The fraction of sp³-hybridized carbons (Fsp3) is 0.500. The van der Waals surface area contributed by atoms with Gasteiger partial charge < -0.3 is 26.3 Å². The van der Waals surface area contributed by atoms with E-state index in [4.69, 9.17) is 23.1 Å². The number of pyridine rings is 1. The van der Waals surface area contributed by atoms with E-state index in [-0.39, 0.29) is 28.6 Å². The van der Waals surface area contributed by atoms with Gasteiger partial charge in [0.25, 0.3) is 17.4 Å². The van der Waals surface area contributed by atoms with Crippen LogP contribution in [0.15, 0.2) is 23.1 Å². The maximum atomic E-state index is 12.9. The summed E-state index contributed by atoms with van der Waals surface area (Å²) in [7, 11) is 0. The molecule has 1 unspecified atom stereocenters. The summed E-state index contributed by atoms with van der Waals surface area (Å²) in [6.45, 7) is 5.49. The van der Waals surface area contributed by atoms with Gasteiger partial charge in [-0.25, -0.2) is 9.97 Å². The topological polar surface area (TPSA) is 155 Å². The van der Waals surface area contributed by atoms with Crippen LogP contribution in [0.25, 0.3) is 0 Å². The summed E-state index contributed by atoms with van der Waals surface area (Å²) in [6.07, 6.45) is 3.94. The van der Waals surface area contributed by atoms with Crippen LogP contribution >= 0.6 is 11.6 Å². The van der Waals surface area contributed by atoms with E-state index < -0.39 is 11.5 Å². The van der Waals surface area contributed by atoms with Crippen LogP contribution in [0.1, 0.15) is 47.0 Å². The number of nitrogen functional groups attached to an aromatic ring is 1. The standard InChI is InChI=1S/C22H29ClN8O3/c1-2-13-12-30(20-21(33)27-16(11-26-20)19(25)32)9-10-31(13)14-5-7-29(8-6-14)22(34)15-3-4-17(23)28-18(15)24/h3-4,11,13-14H,2,5-10,12H2,1H3,(H2,24,28)(H2,25,32)(H,27,33). The molecule has 1 atom stereocenters. The molecular weight excluding hydrogens is 460 g/mol. The molecule has 0 spiro atoms. The van der Waals surface area contributed by atoms with E-state index >= 15 is 0 Å². The number of rotatable bonds is 5. The molecule has 4 heterocycles. The summed E-state index contributed by atoms with van der Waals surface area (Å²) < 4.78 is 0. The van der Waals surface area contributed by atoms with Crippen molar-refractivity contribution in [2.75, 3.05) is 43.4 Å². The van der Waals surface area contributed by atoms with E-state index in [2.05, 4.69) is 26.8 Å². The van der Waals surface area contributed by atoms with Crippen molar-refractivity contribution in [3.63, 3.8) is 0 Å². The number of piperidine rings is 1. The number of nitrogens with one attached hydrogen (secondary N) is 1. The van der Waals surface area contributed by atoms with Gasteiger partial charge in [0.15, 0.2) is 5.82 Å². The smallest absolute Gasteiger partial charge is 0.291 e. The maximum absolute atomic E-state index is 12.9. The third-order valence-corrected chi connectivity index (χ3v) is 6.88. The van der Waals surface area contributed by atoms with Crippen LogP contribution in [0, 0.1) is 0 Å². The number of aromatic nitrogens is 3. The Kier molecular flexibility index (Phi) is 7.03. The average molecular weight is 489 g/mol. The van der Waals surface area contributed by atoms with Crippen molar-refractivity contribution >= 4 is 35.1 Å². The Bertz CT molecular complexity index is 1130. The van der Waals surface area contributed by atoms with Crippen LogP contribution in [0.5, 0.6) is 0 Å². The third-order valence-electron chi connectivity index (χ3n) is 6.67. The number of piperazine rings is 1. The molecule has 0 saturated carbocycles. The Morgan fingerprint density at radius 2 is 1.94 bits per heavy atom. The minimum Gasteiger partial charge on any atom is -0.383 e. The number of hydrogen-bond acceptors (Lipinski definition) is 8. The lowest BCUT2D eigenvalue weighted by molar-refractivity contribution is 0.0491. The van der Waals surface area contributed by atoms with Gasteiger partial charge >= 0.3 is 0 Å². The largest absolute Gasteiger partial charge is 0.383 e. The van der Waals surface area contributed by atoms with E-state index in [9.17, 15) is 14.4 Å². The number of carbonyl (C=O) groups excluding carboxylic acids is 2. The van der Waals surface area contributed by atoms with Gasteiger partial charge in [0.2, 0.25) is 0 Å². The van der Waals surface area contributed by atoms with Gasteiger partial charge in [-0.1, -0.05) is 18.5 Å². The van der Waals surface area contributed by atoms with Crippen molar-refractivity contribution in [3.05, 3.63) is 45.1 Å². The number of halogens is 1. The second-order valence-corrected chi connectivity index (χ2v) is 9.04. The van der Waals surface area contributed by atoms with Gasteiger partial charge in [0, 0.05) is 44.8 Å². The first-order valence-corrected chi connectivity index (χ1v) is 11.8. The normalized spacial score (nSPS) is 19.9. The SMILES string of the molecule is CCC1CN(c2ncc(C(N)=O)[nH]c2=O)CCN1C1CCN(C(=O)c2ccc(Cl)nc2N)CC1. The Labute approximate surface area is 202 Å². The Morgan fingerprint density at radius 1 is 1.21 bits per heavy atom. The number of primary amides is 1. The zero-order chi connectivity index (χ0) is 24.4. The van der Waals surface area contributed by atoms with Crippen molar-refractivity contribution in [1.82, 2.24) is 24.8 Å². The number of hydrogen-bond donors (Lipinski definition) is 3. The molecule has 34 heavy (non-hydrogen) atoms. The van der Waals surface area contributed by atoms with Crippen LogP contribution in [-0.2, 0) is 0 Å². The van der Waals surface area contributed by atoms with E-state index in [1.54, 1.807) is 12.1 Å². The summed E-state index contributed by atoms with van der Waals surface area (Å²) >= 11 is 5.85. The first-order valence-electron chi connectivity index (χ1n) is 11.4. The number of nitrogens with zero attached hydrogens (tertiary/aromatic N) is 5. The molecule has 12 heteroatoms. The fourth-order valence-electron chi connectivity index (χ4n) is 4.85. The molecule has 0 radical (unpaired) electrons. The summed E-state index contributed by atoms with van der Waals surface area (Å²) in [5.41, 5.74) is 11.1. The molecule has 4 rings (SSSR count). The molecule has 0 bridgehead atoms. The molecule has 0 aliphatic carbocycles. The molecule has 11 nitrogen and oxygen atoms in total. The number of carbonyl (C=O) groups is 2. The Morgan fingerprint density at radius 3 is 2.56 bits per heavy atom. The molecule has 2 aromatic heterocycles. The van der Waals surface area contributed by atoms with Gasteiger partial charge in [-0.2, -0.15) is 0 Å². The molecule has 2 fully saturated rings. The van der Waals surface area contributed by atoms with Crippen molar-refractivity contribution in [2.24, 2.45) is 5.73 Å². The van der Waals surface area contributed by atoms with Crippen LogP contribution in [0.2, 0.25) is 5.15 Å². The Balaban J connectivity index is 1.38. The lowest BCUT2D eigenvalue weighted by Crippen LogP contribution is -2.59. The van der Waals surface area contributed by atoms with E-state index in [1.165, 1.54) is 6.20 Å². The highest BCUT2D eigenvalue weighted by molar-refractivity contribution is 6.29. The van der Waals surface area contributed by atoms with E-state index in [0.29, 0.717) is 43.6 Å². The monoisotopic (exact) mass is 488 g/mol. The van der Waals surface area contributed by atoms with Gasteiger partial charge in [-0.05, 0) is 31.4 Å². The molecule has 2 aliphatic heterocycles. The highest BCUT2D eigenvalue weighted by Gasteiger charge is 2.35. The van der Waals surface area contributed by atoms with Crippen molar-refractivity contribution < 1.29 is 9.59 Å². The highest BCUT2D eigenvalue weighted by Crippen LogP contribution is 2.26. The number of H-pyrrole nitrogens is 1. The summed E-state index contributed by atoms with van der Waals surface area (Å²) in [5.74, 6) is -0.388. The number of anilines is 2. The quantitative estimate of drug-likeness (QED) is 0.519. The zero-order valence-electron chi connectivity index (χ0n) is 19.0. The predicted octanol–water partition coefficient (Wildman–Crippen LogP) is 0.705. The Hall–Kier alpha value is -3.18. The lowest BCUT2D eigenvalue weighted by Gasteiger charge is -2.47. The number of amides is 2. The predicted molar refractivity (Wildman–Crippen MR) is 129 cm³/mol. The summed E-state index contributed by atoms with van der Waals surface area (Å²) in [4.78, 5) is 53.6. The average Bonchev–Trinajstić information content (AvgIpc) is 2.83. The lowest BCUT2D eigenvalue weighted by atomic mass is 9.97. The molecule has 2 amide bonds. The van der Waals surface area contributed by atoms with E-state index in [1.807, 2.05) is 9.80 Å². The van der Waals surface area contributed by atoms with Gasteiger partial charge in [-0.3, -0.25) is 19.3 Å². The second-order valence-electron chi connectivity index (χ2n) is 8.65. The first kappa shape index (κ1) is 24.0. The minimum atomic E-state index is -0.716. The molecule has 5 N–H and O–H groups in total. The van der Waals surface area contributed by atoms with Crippen molar-refractivity contribution in [2.45, 2.75) is 38.3 Å². The van der Waals surface area contributed by atoms with Gasteiger partial charge in [-0.15, -0.1) is 0 Å². The number of nitrogens with two attached hydrogens (primary N) is 2. The van der Waals surface area contributed by atoms with Gasteiger partial charge in [0.05, 0.1) is 11.8 Å². The maximum Gasteiger partial charge on any atom is 0.291 e. The highest BCUT2D eigenvalue weighted by atomic mass is 35.5. The van der Waals surface area contributed by atoms with Gasteiger partial charge in [0.1, 0.15) is 16.7 Å². The van der Waals surface area contributed by atoms with Crippen molar-refractivity contribution in [1.29, 1.82) is 0 Å². The van der Waals surface area contributed by atoms with Crippen LogP contribution in [0.3, 0.4) is 0 Å². The zero-order valence-corrected chi connectivity index (χ0v) is 19.8. The van der Waals surface area contributed by atoms with Crippen molar-refractivity contribution in [3.8, 4) is 0 Å². The summed E-state index contributed by atoms with van der Waals surface area (Å²) in [6, 6.07) is 3.79. The third kappa shape index (κ3) is 4.85. The molecule has 2 aliphatic rings. The first-order chi connectivity index (χ1) is 16.3. The molecular formula is C22H29ClN8O3. The molecule has 2 saturated heterocycles. The second kappa shape index (κ2) is 9.98. The summed E-state index contributed by atoms with van der Waals surface area (Å²) in [5, 5.41) is 0.263. The number of aromatic amines is 1. The molecule has 182 valence electrons. The molecule has 0 aromatic carbocycles. The van der Waals surface area contributed by atoms with E-state index in [0.717, 1.165) is 25.8 Å². The fourth-order valence-corrected chi connectivity index (χ4v) is 5.01. The molecule has 2 aromatic rings. The number of likely N-dealkylation sites (tertiary alicyclic amines) is 1. The van der Waals surface area contributed by atoms with Crippen LogP contribution in [0.4, 0.5) is 11.6 Å². The van der Waals surface area contributed by atoms with Crippen LogP contribution in [-0.4, -0.2) is 81.4 Å².